The molecule has 0 amide bonds. The van der Waals surface area contributed by atoms with Crippen LogP contribution in [0.4, 0.5) is 0 Å². The molecule has 0 aromatic heterocycles. The Morgan fingerprint density at radius 1 is 1.62 bits per heavy atom. The van der Waals surface area contributed by atoms with E-state index in [9.17, 15) is 0 Å². The summed E-state index contributed by atoms with van der Waals surface area (Å²) in [5.74, 6) is 0. The van der Waals surface area contributed by atoms with Crippen molar-refractivity contribution < 1.29 is 6.85 Å². The van der Waals surface area contributed by atoms with Gasteiger partial charge in [0.2, 0.25) is 0 Å². The van der Waals surface area contributed by atoms with E-state index >= 15 is 0 Å². The molecule has 1 rings (SSSR count). The second kappa shape index (κ2) is 5.16. The van der Waals surface area contributed by atoms with Gasteiger partial charge in [-0.05, 0) is 49.6 Å². The van der Waals surface area contributed by atoms with E-state index in [1.165, 1.54) is 6.08 Å². The van der Waals surface area contributed by atoms with Gasteiger partial charge in [-0.2, -0.15) is 5.26 Å². The maximum atomic E-state index is 8.62. The molecule has 0 unspecified atom stereocenters. The van der Waals surface area contributed by atoms with Crippen LogP contribution < -0.4 is 0 Å². The van der Waals surface area contributed by atoms with Gasteiger partial charge in [-0.1, -0.05) is 31.6 Å². The first kappa shape index (κ1) is 7.12. The van der Waals surface area contributed by atoms with E-state index in [0.717, 1.165) is 0 Å². The molecule has 0 heterocycles. The molecule has 0 N–H and O–H groups in total. The molecule has 0 saturated heterocycles. The summed E-state index contributed by atoms with van der Waals surface area (Å²) in [4.78, 5) is 0. The molecule has 0 aromatic rings. The second-order valence-electron chi connectivity index (χ2n) is 4.70. The van der Waals surface area contributed by atoms with Gasteiger partial charge in [0.1, 0.15) is 0 Å². The number of allylic oxidation sites excluding steroid dienone is 6. The standard InChI is InChI=1S/C15H21N/c1-12(9-11-16)7-8-14-13(2)6-5-10-15(14,3)4/h7-9H,5-6,10H2,1-4H3/b8-7+,12-9+/i2D3,6D2. The van der Waals surface area contributed by atoms with Crippen LogP contribution in [0.2, 0.25) is 0 Å². The van der Waals surface area contributed by atoms with Gasteiger partial charge in [-0.15, -0.1) is 0 Å². The number of nitrogens with zero attached hydrogens (tertiary/aromatic N) is 1. The molecule has 0 fully saturated rings. The quantitative estimate of drug-likeness (QED) is 0.495. The van der Waals surface area contributed by atoms with Gasteiger partial charge in [-0.3, -0.25) is 0 Å². The van der Waals surface area contributed by atoms with Gasteiger partial charge < -0.3 is 0 Å². The van der Waals surface area contributed by atoms with E-state index < -0.39 is 18.6 Å². The molecule has 86 valence electrons. The molecule has 0 bridgehead atoms. The Kier molecular flexibility index (Phi) is 2.30. The Balaban J connectivity index is 3.50. The van der Waals surface area contributed by atoms with Crippen molar-refractivity contribution >= 4 is 0 Å². The van der Waals surface area contributed by atoms with Crippen LogP contribution in [-0.4, -0.2) is 0 Å². The van der Waals surface area contributed by atoms with E-state index in [4.69, 9.17) is 12.1 Å². The molecule has 1 aliphatic rings. The summed E-state index contributed by atoms with van der Waals surface area (Å²) in [5.41, 5.74) is 0.715. The van der Waals surface area contributed by atoms with Crippen molar-refractivity contribution in [1.29, 1.82) is 5.26 Å². The molecule has 1 nitrogen and oxygen atoms in total. The Labute approximate surface area is 106 Å². The predicted octanol–water partition coefficient (Wildman–Crippen LogP) is 4.54. The van der Waals surface area contributed by atoms with Gasteiger partial charge in [0.25, 0.3) is 0 Å². The van der Waals surface area contributed by atoms with Gasteiger partial charge in [0, 0.05) is 12.9 Å². The molecule has 16 heavy (non-hydrogen) atoms. The van der Waals surface area contributed by atoms with Gasteiger partial charge in [-0.25, -0.2) is 0 Å². The summed E-state index contributed by atoms with van der Waals surface area (Å²) in [6, 6.07) is 1.92. The number of hydrogen-bond acceptors (Lipinski definition) is 1. The lowest BCUT2D eigenvalue weighted by molar-refractivity contribution is 0.377. The molecule has 1 aliphatic carbocycles. The smallest absolute Gasteiger partial charge is 0.0914 e. The normalized spacial score (nSPS) is 29.9. The molecule has 0 radical (unpaired) electrons. The maximum Gasteiger partial charge on any atom is 0.0914 e. The zero-order valence-electron chi connectivity index (χ0n) is 15.1. The van der Waals surface area contributed by atoms with Crippen molar-refractivity contribution in [3.63, 3.8) is 0 Å². The monoisotopic (exact) mass is 220 g/mol. The molecule has 0 aromatic carbocycles. The highest BCUT2D eigenvalue weighted by Gasteiger charge is 2.26. The summed E-state index contributed by atoms with van der Waals surface area (Å²) in [7, 11) is 0. The van der Waals surface area contributed by atoms with Crippen molar-refractivity contribution in [2.24, 2.45) is 5.41 Å². The molecular weight excluding hydrogens is 194 g/mol. The van der Waals surface area contributed by atoms with Gasteiger partial charge in [0.15, 0.2) is 0 Å². The maximum absolute atomic E-state index is 8.62. The third kappa shape index (κ3) is 3.10. The zero-order chi connectivity index (χ0) is 16.5. The summed E-state index contributed by atoms with van der Waals surface area (Å²) in [6.07, 6.45) is 3.66. The van der Waals surface area contributed by atoms with Crippen molar-refractivity contribution in [2.45, 2.75) is 46.8 Å². The number of rotatable bonds is 2. The van der Waals surface area contributed by atoms with Crippen molar-refractivity contribution in [2.75, 3.05) is 0 Å². The molecular formula is C15H21N. The fourth-order valence-corrected chi connectivity index (χ4v) is 1.74. The Morgan fingerprint density at radius 3 is 3.00 bits per heavy atom. The topological polar surface area (TPSA) is 23.8 Å². The van der Waals surface area contributed by atoms with Crippen molar-refractivity contribution in [3.05, 3.63) is 34.9 Å². The van der Waals surface area contributed by atoms with Crippen LogP contribution in [-0.2, 0) is 0 Å². The zero-order valence-corrected chi connectivity index (χ0v) is 10.1. The van der Waals surface area contributed by atoms with Crippen LogP contribution in [0.15, 0.2) is 34.9 Å². The molecule has 0 aliphatic heterocycles. The van der Waals surface area contributed by atoms with E-state index in [2.05, 4.69) is 0 Å². The fourth-order valence-electron chi connectivity index (χ4n) is 1.74. The first-order valence-corrected chi connectivity index (χ1v) is 5.42. The lowest BCUT2D eigenvalue weighted by atomic mass is 9.72. The van der Waals surface area contributed by atoms with Gasteiger partial charge >= 0.3 is 0 Å². The lowest BCUT2D eigenvalue weighted by Gasteiger charge is -2.32. The minimum absolute atomic E-state index is 0.104. The van der Waals surface area contributed by atoms with Crippen LogP contribution in [0, 0.1) is 16.7 Å². The Hall–Kier alpha value is -1.29. The largest absolute Gasteiger partial charge is 0.193 e. The molecule has 0 spiro atoms. The summed E-state index contributed by atoms with van der Waals surface area (Å²) in [5, 5.41) is 8.62. The average Bonchev–Trinajstić information content (AvgIpc) is 2.29. The first-order chi connectivity index (χ1) is 9.42. The molecule has 0 atom stereocenters. The first-order valence-electron chi connectivity index (χ1n) is 7.92. The third-order valence-electron chi connectivity index (χ3n) is 2.86. The third-order valence-corrected chi connectivity index (χ3v) is 2.86. The minimum atomic E-state index is -2.46. The van der Waals surface area contributed by atoms with E-state index in [0.29, 0.717) is 17.6 Å². The summed E-state index contributed by atoms with van der Waals surface area (Å²) in [6.45, 7) is 3.14. The van der Waals surface area contributed by atoms with E-state index in [-0.39, 0.29) is 12.0 Å². The number of nitriles is 1. The van der Waals surface area contributed by atoms with Crippen molar-refractivity contribution in [1.82, 2.24) is 0 Å². The second-order valence-corrected chi connectivity index (χ2v) is 4.70. The predicted molar refractivity (Wildman–Crippen MR) is 68.8 cm³/mol. The highest BCUT2D eigenvalue weighted by atomic mass is 14.3. The SMILES string of the molecule is [2H]C([2H])([2H])C1=C(/C=C/C(C)=C/C#N)C(C)(C)CCC1([2H])[2H]. The van der Waals surface area contributed by atoms with E-state index in [1.54, 1.807) is 19.1 Å². The Morgan fingerprint density at radius 2 is 2.38 bits per heavy atom. The Bertz CT molecular complexity index is 541. The lowest BCUT2D eigenvalue weighted by Crippen LogP contribution is -2.19. The highest BCUT2D eigenvalue weighted by molar-refractivity contribution is 5.36. The van der Waals surface area contributed by atoms with Crippen LogP contribution >= 0.6 is 0 Å². The van der Waals surface area contributed by atoms with Crippen LogP contribution in [0.25, 0.3) is 0 Å². The van der Waals surface area contributed by atoms with Crippen LogP contribution in [0.3, 0.4) is 0 Å². The van der Waals surface area contributed by atoms with Crippen LogP contribution in [0.5, 0.6) is 0 Å². The minimum Gasteiger partial charge on any atom is -0.193 e. The molecule has 1 heteroatoms. The van der Waals surface area contributed by atoms with Crippen molar-refractivity contribution in [3.8, 4) is 6.07 Å². The fraction of sp³-hybridized carbons (Fsp3) is 0.533. The van der Waals surface area contributed by atoms with E-state index in [1.807, 2.05) is 19.9 Å². The summed E-state index contributed by atoms with van der Waals surface area (Å²) < 4.78 is 39.2. The van der Waals surface area contributed by atoms with Crippen LogP contribution in [0.1, 0.15) is 53.7 Å². The summed E-state index contributed by atoms with van der Waals surface area (Å²) >= 11 is 0. The highest BCUT2D eigenvalue weighted by Crippen LogP contribution is 2.40. The molecule has 0 saturated carbocycles. The number of hydrogen-bond donors (Lipinski definition) is 0. The average molecular weight is 220 g/mol. The van der Waals surface area contributed by atoms with Gasteiger partial charge in [0.05, 0.1) is 6.07 Å².